The largest absolute Gasteiger partial charge is 0.310 e. The van der Waals surface area contributed by atoms with E-state index in [0.29, 0.717) is 0 Å². The van der Waals surface area contributed by atoms with Crippen LogP contribution >= 0.6 is 0 Å². The van der Waals surface area contributed by atoms with Crippen LogP contribution in [0.3, 0.4) is 0 Å². The number of benzene rings is 1. The molecule has 2 aromatic rings. The standard InChI is InChI=1S/C15H18N2/c1-2-12-8-15(12)17-10-11-7-13-5-3-4-6-14(13)16-9-11/h3-7,9,12,15,17H,2,8,10H2,1H3. The van der Waals surface area contributed by atoms with E-state index < -0.39 is 0 Å². The number of nitrogens with zero attached hydrogens (tertiary/aromatic N) is 1. The molecular weight excluding hydrogens is 208 g/mol. The first-order valence-electron chi connectivity index (χ1n) is 6.44. The lowest BCUT2D eigenvalue weighted by atomic mass is 10.1. The lowest BCUT2D eigenvalue weighted by Gasteiger charge is -2.05. The number of rotatable bonds is 4. The van der Waals surface area contributed by atoms with Crippen LogP contribution < -0.4 is 5.32 Å². The Morgan fingerprint density at radius 1 is 1.35 bits per heavy atom. The van der Waals surface area contributed by atoms with Crippen LogP contribution in [0.1, 0.15) is 25.3 Å². The Labute approximate surface area is 102 Å². The number of hydrogen-bond donors (Lipinski definition) is 1. The molecule has 0 aliphatic heterocycles. The van der Waals surface area contributed by atoms with Gasteiger partial charge in [-0.25, -0.2) is 0 Å². The van der Waals surface area contributed by atoms with Gasteiger partial charge in [0.2, 0.25) is 0 Å². The number of pyridine rings is 1. The van der Waals surface area contributed by atoms with Gasteiger partial charge in [-0.05, 0) is 30.0 Å². The Kier molecular flexibility index (Phi) is 2.81. The van der Waals surface area contributed by atoms with Crippen LogP contribution in [-0.4, -0.2) is 11.0 Å². The molecule has 2 atom stereocenters. The molecule has 88 valence electrons. The van der Waals surface area contributed by atoms with Gasteiger partial charge in [-0.2, -0.15) is 0 Å². The first-order chi connectivity index (χ1) is 8.36. The maximum Gasteiger partial charge on any atom is 0.0702 e. The van der Waals surface area contributed by atoms with E-state index in [4.69, 9.17) is 0 Å². The Morgan fingerprint density at radius 3 is 3.06 bits per heavy atom. The molecule has 2 unspecified atom stereocenters. The molecule has 1 fully saturated rings. The third kappa shape index (κ3) is 2.32. The van der Waals surface area contributed by atoms with Crippen molar-refractivity contribution in [2.24, 2.45) is 5.92 Å². The highest BCUT2D eigenvalue weighted by molar-refractivity contribution is 5.78. The molecule has 1 N–H and O–H groups in total. The van der Waals surface area contributed by atoms with Crippen LogP contribution in [0.25, 0.3) is 10.9 Å². The van der Waals surface area contributed by atoms with Crippen molar-refractivity contribution in [1.29, 1.82) is 0 Å². The molecule has 2 nitrogen and oxygen atoms in total. The SMILES string of the molecule is CCC1CC1NCc1cnc2ccccc2c1. The van der Waals surface area contributed by atoms with E-state index in [1.807, 2.05) is 12.3 Å². The van der Waals surface area contributed by atoms with Gasteiger partial charge in [-0.3, -0.25) is 4.98 Å². The van der Waals surface area contributed by atoms with E-state index in [0.717, 1.165) is 24.0 Å². The van der Waals surface area contributed by atoms with Gasteiger partial charge in [-0.1, -0.05) is 31.5 Å². The topological polar surface area (TPSA) is 24.9 Å². The predicted molar refractivity (Wildman–Crippen MR) is 70.8 cm³/mol. The van der Waals surface area contributed by atoms with E-state index in [1.54, 1.807) is 0 Å². The summed E-state index contributed by atoms with van der Waals surface area (Å²) >= 11 is 0. The second-order valence-electron chi connectivity index (χ2n) is 4.93. The molecule has 1 heterocycles. The molecule has 0 spiro atoms. The molecule has 3 rings (SSSR count). The lowest BCUT2D eigenvalue weighted by Crippen LogP contribution is -2.17. The van der Waals surface area contributed by atoms with Crippen molar-refractivity contribution < 1.29 is 0 Å². The minimum absolute atomic E-state index is 0.742. The summed E-state index contributed by atoms with van der Waals surface area (Å²) in [5, 5.41) is 4.83. The van der Waals surface area contributed by atoms with Gasteiger partial charge in [0.05, 0.1) is 5.52 Å². The predicted octanol–water partition coefficient (Wildman–Crippen LogP) is 3.12. The lowest BCUT2D eigenvalue weighted by molar-refractivity contribution is 0.623. The third-order valence-corrected chi connectivity index (χ3v) is 3.66. The van der Waals surface area contributed by atoms with Crippen LogP contribution in [0.15, 0.2) is 36.5 Å². The van der Waals surface area contributed by atoms with Crippen molar-refractivity contribution in [3.8, 4) is 0 Å². The van der Waals surface area contributed by atoms with E-state index in [9.17, 15) is 0 Å². The molecule has 1 aromatic carbocycles. The van der Waals surface area contributed by atoms with E-state index >= 15 is 0 Å². The summed E-state index contributed by atoms with van der Waals surface area (Å²) in [5.41, 5.74) is 2.36. The number of para-hydroxylation sites is 1. The summed E-state index contributed by atoms with van der Waals surface area (Å²) in [6.45, 7) is 3.21. The van der Waals surface area contributed by atoms with Crippen LogP contribution in [0.5, 0.6) is 0 Å². The van der Waals surface area contributed by atoms with Crippen LogP contribution in [0.2, 0.25) is 0 Å². The normalized spacial score (nSPS) is 22.9. The highest BCUT2D eigenvalue weighted by atomic mass is 15.0. The van der Waals surface area contributed by atoms with Gasteiger partial charge in [0.15, 0.2) is 0 Å². The molecule has 1 aromatic heterocycles. The maximum atomic E-state index is 4.48. The highest BCUT2D eigenvalue weighted by Gasteiger charge is 2.34. The molecule has 17 heavy (non-hydrogen) atoms. The maximum absolute atomic E-state index is 4.48. The minimum atomic E-state index is 0.742. The van der Waals surface area contributed by atoms with Crippen molar-refractivity contribution in [2.75, 3.05) is 0 Å². The van der Waals surface area contributed by atoms with Crippen molar-refractivity contribution in [3.05, 3.63) is 42.1 Å². The van der Waals surface area contributed by atoms with Crippen LogP contribution in [0.4, 0.5) is 0 Å². The summed E-state index contributed by atoms with van der Waals surface area (Å²) in [5.74, 6) is 0.906. The molecule has 0 radical (unpaired) electrons. The zero-order valence-electron chi connectivity index (χ0n) is 10.2. The molecular formula is C15H18N2. The van der Waals surface area contributed by atoms with Crippen molar-refractivity contribution in [1.82, 2.24) is 10.3 Å². The fourth-order valence-electron chi connectivity index (χ4n) is 2.41. The van der Waals surface area contributed by atoms with Gasteiger partial charge in [0.25, 0.3) is 0 Å². The molecule has 0 saturated heterocycles. The molecule has 1 saturated carbocycles. The van der Waals surface area contributed by atoms with E-state index in [-0.39, 0.29) is 0 Å². The number of nitrogens with one attached hydrogen (secondary N) is 1. The zero-order chi connectivity index (χ0) is 11.7. The number of aromatic nitrogens is 1. The van der Waals surface area contributed by atoms with Gasteiger partial charge >= 0.3 is 0 Å². The quantitative estimate of drug-likeness (QED) is 0.866. The average molecular weight is 226 g/mol. The smallest absolute Gasteiger partial charge is 0.0702 e. The van der Waals surface area contributed by atoms with Gasteiger partial charge in [0, 0.05) is 24.2 Å². The van der Waals surface area contributed by atoms with Crippen molar-refractivity contribution >= 4 is 10.9 Å². The van der Waals surface area contributed by atoms with E-state index in [2.05, 4.69) is 41.5 Å². The molecule has 1 aliphatic carbocycles. The van der Waals surface area contributed by atoms with Gasteiger partial charge < -0.3 is 5.32 Å². The fraction of sp³-hybridized carbons (Fsp3) is 0.400. The Hall–Kier alpha value is -1.41. The van der Waals surface area contributed by atoms with Crippen LogP contribution in [0, 0.1) is 5.92 Å². The molecule has 0 bridgehead atoms. The van der Waals surface area contributed by atoms with Crippen LogP contribution in [-0.2, 0) is 6.54 Å². The monoisotopic (exact) mass is 226 g/mol. The Morgan fingerprint density at radius 2 is 2.24 bits per heavy atom. The average Bonchev–Trinajstić information content (AvgIpc) is 3.15. The Balaban J connectivity index is 1.69. The van der Waals surface area contributed by atoms with Crippen molar-refractivity contribution in [2.45, 2.75) is 32.4 Å². The summed E-state index contributed by atoms with van der Waals surface area (Å²) in [6.07, 6.45) is 4.63. The summed E-state index contributed by atoms with van der Waals surface area (Å²) in [7, 11) is 0. The minimum Gasteiger partial charge on any atom is -0.310 e. The first kappa shape index (κ1) is 10.7. The number of fused-ring (bicyclic) bond motifs is 1. The zero-order valence-corrected chi connectivity index (χ0v) is 10.2. The summed E-state index contributed by atoms with van der Waals surface area (Å²) in [4.78, 5) is 4.48. The van der Waals surface area contributed by atoms with Crippen molar-refractivity contribution in [3.63, 3.8) is 0 Å². The molecule has 0 amide bonds. The summed E-state index contributed by atoms with van der Waals surface area (Å²) < 4.78 is 0. The molecule has 2 heteroatoms. The third-order valence-electron chi connectivity index (χ3n) is 3.66. The second-order valence-corrected chi connectivity index (χ2v) is 4.93. The van der Waals surface area contributed by atoms with Gasteiger partial charge in [-0.15, -0.1) is 0 Å². The van der Waals surface area contributed by atoms with Gasteiger partial charge in [0.1, 0.15) is 0 Å². The summed E-state index contributed by atoms with van der Waals surface area (Å²) in [6, 6.07) is 11.3. The van der Waals surface area contributed by atoms with E-state index in [1.165, 1.54) is 23.8 Å². The Bertz CT molecular complexity index is 521. The second kappa shape index (κ2) is 4.46. The molecule has 1 aliphatic rings. The highest BCUT2D eigenvalue weighted by Crippen LogP contribution is 2.33. The number of hydrogen-bond acceptors (Lipinski definition) is 2. The first-order valence-corrected chi connectivity index (χ1v) is 6.44. The fourth-order valence-corrected chi connectivity index (χ4v) is 2.41.